The highest BCUT2D eigenvalue weighted by Crippen LogP contribution is 2.41. The van der Waals surface area contributed by atoms with Crippen molar-refractivity contribution in [2.45, 2.75) is 32.4 Å². The van der Waals surface area contributed by atoms with Crippen LogP contribution in [0.4, 0.5) is 15.8 Å². The second-order valence-electron chi connectivity index (χ2n) is 5.52. The lowest BCUT2D eigenvalue weighted by Crippen LogP contribution is -2.27. The molecule has 0 saturated carbocycles. The molecule has 1 aliphatic rings. The van der Waals surface area contributed by atoms with Gasteiger partial charge in [-0.1, -0.05) is 30.3 Å². The number of nitrogens with two attached hydrogens (primary N) is 1. The number of fused-ring (bicyclic) bond motifs is 1. The van der Waals surface area contributed by atoms with Gasteiger partial charge in [-0.3, -0.25) is 0 Å². The highest BCUT2D eigenvalue weighted by atomic mass is 19.1. The zero-order valence-electron chi connectivity index (χ0n) is 11.8. The molecule has 2 nitrogen and oxygen atoms in total. The fraction of sp³-hybridized carbons (Fsp3) is 0.294. The van der Waals surface area contributed by atoms with Crippen LogP contribution in [0.2, 0.25) is 0 Å². The molecule has 0 amide bonds. The van der Waals surface area contributed by atoms with E-state index in [1.807, 2.05) is 25.1 Å². The lowest BCUT2D eigenvalue weighted by Gasteiger charge is -2.29. The summed E-state index contributed by atoms with van der Waals surface area (Å²) in [6.45, 7) is 4.02. The first-order chi connectivity index (χ1) is 9.59. The van der Waals surface area contributed by atoms with Gasteiger partial charge < -0.3 is 10.6 Å². The second-order valence-corrected chi connectivity index (χ2v) is 5.52. The van der Waals surface area contributed by atoms with Crippen LogP contribution in [0.25, 0.3) is 0 Å². The molecule has 2 unspecified atom stereocenters. The summed E-state index contributed by atoms with van der Waals surface area (Å²) in [6, 6.07) is 13.4. The largest absolute Gasteiger partial charge is 0.335 e. The SMILES string of the molecule is CC(N)c1cccc(F)c1N1c2ccccc2CC1C. The molecule has 1 aliphatic heterocycles. The zero-order chi connectivity index (χ0) is 14.3. The maximum atomic E-state index is 14.4. The average molecular weight is 270 g/mol. The van der Waals surface area contributed by atoms with Crippen molar-refractivity contribution in [3.8, 4) is 0 Å². The lowest BCUT2D eigenvalue weighted by molar-refractivity contribution is 0.611. The van der Waals surface area contributed by atoms with Gasteiger partial charge in [0.05, 0.1) is 5.69 Å². The van der Waals surface area contributed by atoms with E-state index in [2.05, 4.69) is 24.0 Å². The molecule has 2 aromatic carbocycles. The fourth-order valence-corrected chi connectivity index (χ4v) is 3.06. The van der Waals surface area contributed by atoms with Crippen molar-refractivity contribution in [1.82, 2.24) is 0 Å². The first kappa shape index (κ1) is 13.1. The van der Waals surface area contributed by atoms with Gasteiger partial charge in [0.15, 0.2) is 0 Å². The number of hydrogen-bond acceptors (Lipinski definition) is 2. The molecule has 2 aromatic rings. The number of halogens is 1. The second kappa shape index (κ2) is 4.91. The van der Waals surface area contributed by atoms with Crippen LogP contribution >= 0.6 is 0 Å². The Bertz CT molecular complexity index is 637. The molecule has 0 bridgehead atoms. The Hall–Kier alpha value is -1.87. The Morgan fingerprint density at radius 1 is 1.20 bits per heavy atom. The predicted octanol–water partition coefficient (Wildman–Crippen LogP) is 3.93. The van der Waals surface area contributed by atoms with E-state index in [1.165, 1.54) is 11.6 Å². The maximum Gasteiger partial charge on any atom is 0.147 e. The summed E-state index contributed by atoms with van der Waals surface area (Å²) in [5, 5.41) is 0. The Labute approximate surface area is 119 Å². The van der Waals surface area contributed by atoms with Gasteiger partial charge in [0.25, 0.3) is 0 Å². The van der Waals surface area contributed by atoms with Crippen molar-refractivity contribution in [3.05, 3.63) is 59.4 Å². The normalized spacial score (nSPS) is 19.0. The van der Waals surface area contributed by atoms with E-state index in [0.29, 0.717) is 5.69 Å². The van der Waals surface area contributed by atoms with Crippen LogP contribution in [0.5, 0.6) is 0 Å². The lowest BCUT2D eigenvalue weighted by atomic mass is 10.0. The minimum Gasteiger partial charge on any atom is -0.335 e. The highest BCUT2D eigenvalue weighted by Gasteiger charge is 2.30. The highest BCUT2D eigenvalue weighted by molar-refractivity contribution is 5.74. The van der Waals surface area contributed by atoms with E-state index in [9.17, 15) is 4.39 Å². The van der Waals surface area contributed by atoms with Crippen LogP contribution in [0, 0.1) is 5.82 Å². The van der Waals surface area contributed by atoms with Crippen LogP contribution < -0.4 is 10.6 Å². The molecule has 0 radical (unpaired) electrons. The van der Waals surface area contributed by atoms with Crippen LogP contribution in [-0.4, -0.2) is 6.04 Å². The van der Waals surface area contributed by atoms with Crippen molar-refractivity contribution < 1.29 is 4.39 Å². The molecule has 104 valence electrons. The summed E-state index contributed by atoms with van der Waals surface area (Å²) in [5.74, 6) is -0.205. The Kier molecular flexibility index (Phi) is 3.22. The van der Waals surface area contributed by atoms with Gasteiger partial charge in [-0.2, -0.15) is 0 Å². The van der Waals surface area contributed by atoms with Gasteiger partial charge in [-0.05, 0) is 43.5 Å². The molecule has 0 spiro atoms. The van der Waals surface area contributed by atoms with E-state index in [4.69, 9.17) is 5.73 Å². The summed E-state index contributed by atoms with van der Waals surface area (Å²) in [5.41, 5.74) is 9.86. The molecule has 0 aromatic heterocycles. The van der Waals surface area contributed by atoms with Crippen LogP contribution in [-0.2, 0) is 6.42 Å². The number of benzene rings is 2. The number of anilines is 2. The first-order valence-electron chi connectivity index (χ1n) is 7.00. The summed E-state index contributed by atoms with van der Waals surface area (Å²) < 4.78 is 14.4. The third kappa shape index (κ3) is 1.98. The summed E-state index contributed by atoms with van der Waals surface area (Å²) in [6.07, 6.45) is 0.933. The van der Waals surface area contributed by atoms with E-state index < -0.39 is 0 Å². The molecule has 0 fully saturated rings. The molecule has 1 heterocycles. The van der Waals surface area contributed by atoms with Gasteiger partial charge in [-0.25, -0.2) is 4.39 Å². The van der Waals surface area contributed by atoms with Crippen molar-refractivity contribution in [3.63, 3.8) is 0 Å². The molecule has 3 rings (SSSR count). The van der Waals surface area contributed by atoms with E-state index in [0.717, 1.165) is 17.7 Å². The predicted molar refractivity (Wildman–Crippen MR) is 80.7 cm³/mol. The third-order valence-electron chi connectivity index (χ3n) is 3.96. The van der Waals surface area contributed by atoms with Gasteiger partial charge >= 0.3 is 0 Å². The van der Waals surface area contributed by atoms with E-state index in [-0.39, 0.29) is 17.9 Å². The Morgan fingerprint density at radius 2 is 1.95 bits per heavy atom. The summed E-state index contributed by atoms with van der Waals surface area (Å²) in [4.78, 5) is 2.09. The fourth-order valence-electron chi connectivity index (χ4n) is 3.06. The van der Waals surface area contributed by atoms with E-state index in [1.54, 1.807) is 6.07 Å². The quantitative estimate of drug-likeness (QED) is 0.896. The summed E-state index contributed by atoms with van der Waals surface area (Å²) in [7, 11) is 0. The molecule has 0 aliphatic carbocycles. The molecule has 3 heteroatoms. The Balaban J connectivity index is 2.19. The number of para-hydroxylation sites is 2. The zero-order valence-corrected chi connectivity index (χ0v) is 11.8. The van der Waals surface area contributed by atoms with Crippen LogP contribution in [0.1, 0.15) is 31.0 Å². The van der Waals surface area contributed by atoms with Gasteiger partial charge in [0.1, 0.15) is 5.82 Å². The minimum absolute atomic E-state index is 0.194. The van der Waals surface area contributed by atoms with Gasteiger partial charge in [0.2, 0.25) is 0 Å². The topological polar surface area (TPSA) is 29.3 Å². The molecule has 2 N–H and O–H groups in total. The molecule has 2 atom stereocenters. The van der Waals surface area contributed by atoms with E-state index >= 15 is 0 Å². The van der Waals surface area contributed by atoms with Crippen molar-refractivity contribution in [1.29, 1.82) is 0 Å². The van der Waals surface area contributed by atoms with Gasteiger partial charge in [0, 0.05) is 17.8 Å². The molecule has 20 heavy (non-hydrogen) atoms. The number of nitrogens with zero attached hydrogens (tertiary/aromatic N) is 1. The average Bonchev–Trinajstić information content (AvgIpc) is 2.74. The van der Waals surface area contributed by atoms with Crippen molar-refractivity contribution >= 4 is 11.4 Å². The smallest absolute Gasteiger partial charge is 0.147 e. The van der Waals surface area contributed by atoms with Crippen LogP contribution in [0.3, 0.4) is 0 Å². The van der Waals surface area contributed by atoms with Crippen LogP contribution in [0.15, 0.2) is 42.5 Å². The third-order valence-corrected chi connectivity index (χ3v) is 3.96. The Morgan fingerprint density at radius 3 is 2.70 bits per heavy atom. The standard InChI is InChI=1S/C17H19FN2/c1-11-10-13-6-3-4-9-16(13)20(11)17-14(12(2)19)7-5-8-15(17)18/h3-9,11-12H,10,19H2,1-2H3. The molecular formula is C17H19FN2. The summed E-state index contributed by atoms with van der Waals surface area (Å²) >= 11 is 0. The minimum atomic E-state index is -0.205. The molecule has 0 saturated heterocycles. The molecular weight excluding hydrogens is 251 g/mol. The monoisotopic (exact) mass is 270 g/mol. The maximum absolute atomic E-state index is 14.4. The van der Waals surface area contributed by atoms with Crippen molar-refractivity contribution in [2.24, 2.45) is 5.73 Å². The van der Waals surface area contributed by atoms with Gasteiger partial charge in [-0.15, -0.1) is 0 Å². The number of hydrogen-bond donors (Lipinski definition) is 1. The van der Waals surface area contributed by atoms with Crippen molar-refractivity contribution in [2.75, 3.05) is 4.90 Å². The number of rotatable bonds is 2. The first-order valence-corrected chi connectivity index (χ1v) is 7.00.